The van der Waals surface area contributed by atoms with Crippen molar-refractivity contribution in [3.63, 3.8) is 0 Å². The molecule has 0 saturated carbocycles. The minimum absolute atomic E-state index is 0.0939. The molecule has 1 unspecified atom stereocenters. The Morgan fingerprint density at radius 3 is 1.64 bits per heavy atom. The first-order chi connectivity index (χ1) is 22.8. The van der Waals surface area contributed by atoms with Crippen molar-refractivity contribution < 1.29 is 22.7 Å². The fourth-order valence-corrected chi connectivity index (χ4v) is 7.54. The van der Waals surface area contributed by atoms with Gasteiger partial charge in [0, 0.05) is 11.3 Å². The smallest absolute Gasteiger partial charge is 0.260 e. The number of carbonyl (C=O) groups is 1. The molecule has 1 atom stereocenters. The van der Waals surface area contributed by atoms with Crippen LogP contribution in [0.4, 0.5) is 5.69 Å². The summed E-state index contributed by atoms with van der Waals surface area (Å²) in [4.78, 5) is 16.5. The second-order valence-electron chi connectivity index (χ2n) is 11.4. The molecule has 1 aliphatic rings. The molecule has 0 bridgehead atoms. The molecule has 47 heavy (non-hydrogen) atoms. The van der Waals surface area contributed by atoms with Crippen LogP contribution in [0.2, 0.25) is 0 Å². The number of rotatable bonds is 8. The van der Waals surface area contributed by atoms with Crippen LogP contribution in [0, 0.1) is 6.92 Å². The van der Waals surface area contributed by atoms with E-state index in [0.29, 0.717) is 22.8 Å². The molecule has 6 nitrogen and oxygen atoms in total. The third-order valence-electron chi connectivity index (χ3n) is 8.58. The minimum Gasteiger partial charge on any atom is -0.497 e. The van der Waals surface area contributed by atoms with Crippen molar-refractivity contribution in [2.75, 3.05) is 12.0 Å². The van der Waals surface area contributed by atoms with Gasteiger partial charge in [0.2, 0.25) is 9.84 Å². The van der Waals surface area contributed by atoms with Crippen molar-refractivity contribution >= 4 is 21.4 Å². The lowest BCUT2D eigenvalue weighted by Crippen LogP contribution is -2.46. The monoisotopic (exact) mass is 637 g/mol. The highest BCUT2D eigenvalue weighted by molar-refractivity contribution is 7.91. The Balaban J connectivity index is 1.27. The zero-order chi connectivity index (χ0) is 32.6. The molecule has 232 valence electrons. The molecule has 6 aromatic rings. The lowest BCUT2D eigenvalue weighted by molar-refractivity contribution is 0.0986. The van der Waals surface area contributed by atoms with E-state index in [2.05, 4.69) is 0 Å². The molecule has 0 aliphatic carbocycles. The number of amides is 1. The minimum atomic E-state index is -3.65. The second-order valence-corrected chi connectivity index (χ2v) is 13.3. The van der Waals surface area contributed by atoms with E-state index < -0.39 is 15.4 Å². The normalized spacial score (nSPS) is 15.7. The lowest BCUT2D eigenvalue weighted by atomic mass is 9.76. The standard InChI is InChI=1S/C40H31NO5S/c1-28-12-24-35(25-13-28)47(43,44)36-26-22-34(23-27-36)46-33-20-16-30(17-21-33)40(29-14-18-32(45-2)19-15-29)38-11-7-6-10-37(38)39(42)41(40)31-8-4-3-5-9-31/h3-27H,1-2H3. The van der Waals surface area contributed by atoms with Crippen molar-refractivity contribution in [3.8, 4) is 17.2 Å². The summed E-state index contributed by atoms with van der Waals surface area (Å²) in [5.74, 6) is 1.69. The Labute approximate surface area is 274 Å². The van der Waals surface area contributed by atoms with Gasteiger partial charge < -0.3 is 9.47 Å². The molecule has 7 heteroatoms. The van der Waals surface area contributed by atoms with Gasteiger partial charge in [-0.25, -0.2) is 8.42 Å². The molecule has 0 fully saturated rings. The van der Waals surface area contributed by atoms with Gasteiger partial charge in [-0.1, -0.05) is 78.4 Å². The average Bonchev–Trinajstić information content (AvgIpc) is 3.38. The van der Waals surface area contributed by atoms with E-state index in [4.69, 9.17) is 9.47 Å². The van der Waals surface area contributed by atoms with E-state index >= 15 is 0 Å². The summed E-state index contributed by atoms with van der Waals surface area (Å²) in [5, 5.41) is 0. The van der Waals surface area contributed by atoms with Crippen molar-refractivity contribution in [2.45, 2.75) is 22.3 Å². The highest BCUT2D eigenvalue weighted by atomic mass is 32.2. The maximum atomic E-state index is 14.2. The zero-order valence-corrected chi connectivity index (χ0v) is 26.6. The van der Waals surface area contributed by atoms with E-state index in [1.54, 1.807) is 55.6 Å². The van der Waals surface area contributed by atoms with E-state index in [9.17, 15) is 13.2 Å². The SMILES string of the molecule is COc1ccc(C2(c3ccc(Oc4ccc(S(=O)(=O)c5ccc(C)cc5)cc4)cc3)c3ccccc3C(=O)N2c2ccccc2)cc1. The molecule has 0 saturated heterocycles. The lowest BCUT2D eigenvalue weighted by Gasteiger charge is -2.40. The third-order valence-corrected chi connectivity index (χ3v) is 10.4. The number of carbonyl (C=O) groups excluding carboxylic acids is 1. The van der Waals surface area contributed by atoms with Gasteiger partial charge in [-0.2, -0.15) is 0 Å². The first kappa shape index (κ1) is 30.0. The van der Waals surface area contributed by atoms with E-state index in [0.717, 1.165) is 27.9 Å². The van der Waals surface area contributed by atoms with Crippen molar-refractivity contribution in [1.82, 2.24) is 0 Å². The van der Waals surface area contributed by atoms with Gasteiger partial charge in [-0.3, -0.25) is 9.69 Å². The molecular formula is C40H31NO5S. The molecule has 1 aliphatic heterocycles. The summed E-state index contributed by atoms with van der Waals surface area (Å²) in [6, 6.07) is 46.1. The fraction of sp³-hybridized carbons (Fsp3) is 0.0750. The van der Waals surface area contributed by atoms with Crippen LogP contribution >= 0.6 is 0 Å². The number of hydrogen-bond donors (Lipinski definition) is 0. The fourth-order valence-electron chi connectivity index (χ4n) is 6.27. The van der Waals surface area contributed by atoms with Gasteiger partial charge in [0.25, 0.3) is 5.91 Å². The summed E-state index contributed by atoms with van der Waals surface area (Å²) >= 11 is 0. The van der Waals surface area contributed by atoms with Crippen molar-refractivity contribution in [3.05, 3.63) is 179 Å². The van der Waals surface area contributed by atoms with E-state index in [1.165, 1.54) is 0 Å². The molecule has 1 amide bonds. The van der Waals surface area contributed by atoms with Gasteiger partial charge in [0.15, 0.2) is 0 Å². The van der Waals surface area contributed by atoms with E-state index in [1.807, 2.05) is 115 Å². The van der Waals surface area contributed by atoms with Crippen LogP contribution in [-0.4, -0.2) is 21.4 Å². The Morgan fingerprint density at radius 2 is 1.06 bits per heavy atom. The Morgan fingerprint density at radius 1 is 0.574 bits per heavy atom. The number of methoxy groups -OCH3 is 1. The molecule has 6 aromatic carbocycles. The molecule has 0 N–H and O–H groups in total. The van der Waals surface area contributed by atoms with Gasteiger partial charge >= 0.3 is 0 Å². The highest BCUT2D eigenvalue weighted by Crippen LogP contribution is 2.51. The number of para-hydroxylation sites is 1. The van der Waals surface area contributed by atoms with Crippen LogP contribution in [0.25, 0.3) is 0 Å². The predicted octanol–water partition coefficient (Wildman–Crippen LogP) is 8.58. The van der Waals surface area contributed by atoms with Gasteiger partial charge in [-0.05, 0) is 102 Å². The van der Waals surface area contributed by atoms with Gasteiger partial charge in [-0.15, -0.1) is 0 Å². The quantitative estimate of drug-likeness (QED) is 0.167. The molecule has 7 rings (SSSR count). The topological polar surface area (TPSA) is 72.9 Å². The predicted molar refractivity (Wildman–Crippen MR) is 182 cm³/mol. The Bertz CT molecular complexity index is 2160. The number of aryl methyl sites for hydroxylation is 1. The summed E-state index contributed by atoms with van der Waals surface area (Å²) in [6.07, 6.45) is 0. The number of ether oxygens (including phenoxy) is 2. The summed E-state index contributed by atoms with van der Waals surface area (Å²) in [6.45, 7) is 1.92. The van der Waals surface area contributed by atoms with Crippen molar-refractivity contribution in [1.29, 1.82) is 0 Å². The highest BCUT2D eigenvalue weighted by Gasteiger charge is 2.52. The maximum absolute atomic E-state index is 14.2. The van der Waals surface area contributed by atoms with Crippen LogP contribution < -0.4 is 14.4 Å². The zero-order valence-electron chi connectivity index (χ0n) is 25.8. The largest absolute Gasteiger partial charge is 0.497 e. The van der Waals surface area contributed by atoms with Crippen LogP contribution in [-0.2, 0) is 15.4 Å². The Kier molecular flexibility index (Phi) is 7.62. The molecular weight excluding hydrogens is 607 g/mol. The first-order valence-corrected chi connectivity index (χ1v) is 16.6. The Hall–Kier alpha value is -5.66. The number of fused-ring (bicyclic) bond motifs is 1. The number of hydrogen-bond acceptors (Lipinski definition) is 5. The number of benzene rings is 6. The van der Waals surface area contributed by atoms with Crippen LogP contribution in [0.5, 0.6) is 17.2 Å². The van der Waals surface area contributed by atoms with Crippen LogP contribution in [0.3, 0.4) is 0 Å². The van der Waals surface area contributed by atoms with E-state index in [-0.39, 0.29) is 15.7 Å². The third kappa shape index (κ3) is 5.15. The average molecular weight is 638 g/mol. The molecule has 0 radical (unpaired) electrons. The summed E-state index contributed by atoms with van der Waals surface area (Å²) in [7, 11) is -2.02. The first-order valence-electron chi connectivity index (χ1n) is 15.2. The van der Waals surface area contributed by atoms with Crippen molar-refractivity contribution in [2.24, 2.45) is 0 Å². The number of sulfone groups is 1. The maximum Gasteiger partial charge on any atom is 0.260 e. The second kappa shape index (κ2) is 11.9. The van der Waals surface area contributed by atoms with Gasteiger partial charge in [0.05, 0.1) is 16.9 Å². The molecule has 0 spiro atoms. The molecule has 1 heterocycles. The number of nitrogens with zero attached hydrogens (tertiary/aromatic N) is 1. The van der Waals surface area contributed by atoms with Crippen LogP contribution in [0.1, 0.15) is 32.6 Å². The number of anilines is 1. The van der Waals surface area contributed by atoms with Crippen LogP contribution in [0.15, 0.2) is 161 Å². The summed E-state index contributed by atoms with van der Waals surface area (Å²) < 4.78 is 37.9. The summed E-state index contributed by atoms with van der Waals surface area (Å²) in [5.41, 5.74) is 4.06. The van der Waals surface area contributed by atoms with Gasteiger partial charge in [0.1, 0.15) is 22.8 Å². The molecule has 0 aromatic heterocycles.